The monoisotopic (exact) mass is 408 g/mol. The molecule has 0 aliphatic heterocycles. The summed E-state index contributed by atoms with van der Waals surface area (Å²) in [4.78, 5) is 12.4. The minimum Gasteiger partial charge on any atom is -0.406 e. The molecule has 1 heterocycles. The highest BCUT2D eigenvalue weighted by molar-refractivity contribution is 8.00. The maximum atomic E-state index is 12.4. The molecule has 0 fully saturated rings. The zero-order valence-electron chi connectivity index (χ0n) is 14.6. The minimum absolute atomic E-state index is 0.322. The van der Waals surface area contributed by atoms with E-state index in [1.54, 1.807) is 17.8 Å². The summed E-state index contributed by atoms with van der Waals surface area (Å²) in [5, 5.41) is 10.6. The predicted octanol–water partition coefficient (Wildman–Crippen LogP) is 4.29. The molecule has 0 aliphatic rings. The number of anilines is 1. The van der Waals surface area contributed by atoms with Gasteiger partial charge in [0.05, 0.1) is 5.25 Å². The number of alkyl halides is 3. The lowest BCUT2D eigenvalue weighted by molar-refractivity contribution is -0.274. The van der Waals surface area contributed by atoms with Gasteiger partial charge < -0.3 is 10.1 Å². The summed E-state index contributed by atoms with van der Waals surface area (Å²) in [7, 11) is 0. The number of carbonyl (C=O) groups is 1. The average molecular weight is 408 g/mol. The molecule has 0 bridgehead atoms. The van der Waals surface area contributed by atoms with Gasteiger partial charge >= 0.3 is 6.36 Å². The number of hydrogen-bond donors (Lipinski definition) is 1. The summed E-state index contributed by atoms with van der Waals surface area (Å²) in [6.45, 7) is 1.70. The van der Waals surface area contributed by atoms with Crippen molar-refractivity contribution in [3.05, 3.63) is 60.9 Å². The number of aromatic nitrogens is 3. The Labute approximate surface area is 162 Å². The normalized spacial score (nSPS) is 12.4. The molecule has 2 aromatic carbocycles. The van der Waals surface area contributed by atoms with Crippen molar-refractivity contribution in [1.82, 2.24) is 14.8 Å². The van der Waals surface area contributed by atoms with Crippen LogP contribution in [0.1, 0.15) is 6.92 Å². The highest BCUT2D eigenvalue weighted by atomic mass is 32.2. The lowest BCUT2D eigenvalue weighted by Gasteiger charge is -2.13. The van der Waals surface area contributed by atoms with Crippen molar-refractivity contribution in [3.8, 4) is 11.4 Å². The standard InChI is InChI=1S/C18H15F3N4O2S/c1-12(28-17-24-22-11-25(17)14-5-3-2-4-6-14)16(26)23-13-7-9-15(10-8-13)27-18(19,20)21/h2-12H,1H3,(H,23,26)/t12-/m1/s1. The van der Waals surface area contributed by atoms with Crippen molar-refractivity contribution in [2.24, 2.45) is 0 Å². The summed E-state index contributed by atoms with van der Waals surface area (Å²) in [6, 6.07) is 14.4. The maximum Gasteiger partial charge on any atom is 0.573 e. The third-order valence-corrected chi connectivity index (χ3v) is 4.61. The van der Waals surface area contributed by atoms with Crippen molar-refractivity contribution in [3.63, 3.8) is 0 Å². The third-order valence-electron chi connectivity index (χ3n) is 3.56. The van der Waals surface area contributed by atoms with Crippen molar-refractivity contribution in [1.29, 1.82) is 0 Å². The van der Waals surface area contributed by atoms with Gasteiger partial charge in [-0.15, -0.1) is 23.4 Å². The molecule has 28 heavy (non-hydrogen) atoms. The topological polar surface area (TPSA) is 69.0 Å². The molecule has 0 saturated carbocycles. The molecule has 1 aromatic heterocycles. The van der Waals surface area contributed by atoms with Crippen LogP contribution >= 0.6 is 11.8 Å². The van der Waals surface area contributed by atoms with E-state index in [0.29, 0.717) is 10.8 Å². The molecule has 0 unspecified atom stereocenters. The second kappa shape index (κ2) is 8.34. The Hall–Kier alpha value is -3.01. The number of carbonyl (C=O) groups excluding carboxylic acids is 1. The number of rotatable bonds is 6. The van der Waals surface area contributed by atoms with Crippen molar-refractivity contribution < 1.29 is 22.7 Å². The molecule has 10 heteroatoms. The van der Waals surface area contributed by atoms with Crippen LogP contribution < -0.4 is 10.1 Å². The Bertz CT molecular complexity index is 930. The van der Waals surface area contributed by atoms with Gasteiger partial charge in [0, 0.05) is 11.4 Å². The van der Waals surface area contributed by atoms with E-state index in [1.165, 1.54) is 23.9 Å². The van der Waals surface area contributed by atoms with E-state index in [0.717, 1.165) is 17.8 Å². The van der Waals surface area contributed by atoms with Crippen LogP contribution in [0.4, 0.5) is 18.9 Å². The molecule has 3 rings (SSSR count). The summed E-state index contributed by atoms with van der Waals surface area (Å²) in [5.74, 6) is -0.680. The molecule has 0 radical (unpaired) electrons. The number of ether oxygens (including phenoxy) is 1. The Balaban J connectivity index is 1.62. The molecule has 0 spiro atoms. The van der Waals surface area contributed by atoms with E-state index < -0.39 is 11.6 Å². The zero-order valence-corrected chi connectivity index (χ0v) is 15.4. The quantitative estimate of drug-likeness (QED) is 0.617. The van der Waals surface area contributed by atoms with E-state index in [1.807, 2.05) is 30.3 Å². The third kappa shape index (κ3) is 5.26. The molecule has 0 aliphatic carbocycles. The number of nitrogens with one attached hydrogen (secondary N) is 1. The molecular formula is C18H15F3N4O2S. The van der Waals surface area contributed by atoms with Gasteiger partial charge in [0.1, 0.15) is 12.1 Å². The van der Waals surface area contributed by atoms with Gasteiger partial charge in [-0.05, 0) is 43.3 Å². The van der Waals surface area contributed by atoms with E-state index >= 15 is 0 Å². The fraction of sp³-hybridized carbons (Fsp3) is 0.167. The SMILES string of the molecule is C[C@@H](Sc1nncn1-c1ccccc1)C(=O)Nc1ccc(OC(F)(F)F)cc1. The summed E-state index contributed by atoms with van der Waals surface area (Å²) in [5.41, 5.74) is 1.22. The average Bonchev–Trinajstić information content (AvgIpc) is 3.11. The number of hydrogen-bond acceptors (Lipinski definition) is 5. The Morgan fingerprint density at radius 1 is 1.14 bits per heavy atom. The molecule has 6 nitrogen and oxygen atoms in total. The van der Waals surface area contributed by atoms with Crippen LogP contribution in [-0.4, -0.2) is 32.3 Å². The minimum atomic E-state index is -4.76. The molecule has 1 N–H and O–H groups in total. The fourth-order valence-corrected chi connectivity index (χ4v) is 3.11. The first-order valence-electron chi connectivity index (χ1n) is 8.10. The van der Waals surface area contributed by atoms with Crippen LogP contribution in [0.2, 0.25) is 0 Å². The first kappa shape index (κ1) is 19.7. The predicted molar refractivity (Wildman–Crippen MR) is 98.4 cm³/mol. The van der Waals surface area contributed by atoms with Crippen LogP contribution in [0.15, 0.2) is 66.1 Å². The number of amides is 1. The number of benzene rings is 2. The Morgan fingerprint density at radius 2 is 1.82 bits per heavy atom. The molecule has 0 saturated heterocycles. The van der Waals surface area contributed by atoms with Gasteiger partial charge in [0.2, 0.25) is 5.91 Å². The van der Waals surface area contributed by atoms with Crippen LogP contribution in [0.25, 0.3) is 5.69 Å². The van der Waals surface area contributed by atoms with E-state index in [2.05, 4.69) is 20.3 Å². The van der Waals surface area contributed by atoms with E-state index in [9.17, 15) is 18.0 Å². The second-order valence-corrected chi connectivity index (χ2v) is 6.95. The van der Waals surface area contributed by atoms with Gasteiger partial charge in [-0.25, -0.2) is 0 Å². The second-order valence-electron chi connectivity index (χ2n) is 5.64. The lowest BCUT2D eigenvalue weighted by Crippen LogP contribution is -2.23. The summed E-state index contributed by atoms with van der Waals surface area (Å²) in [6.07, 6.45) is -3.20. The van der Waals surface area contributed by atoms with Gasteiger partial charge in [-0.1, -0.05) is 30.0 Å². The van der Waals surface area contributed by atoms with Crippen molar-refractivity contribution >= 4 is 23.4 Å². The number of nitrogens with zero attached hydrogens (tertiary/aromatic N) is 3. The van der Waals surface area contributed by atoms with Crippen LogP contribution in [0.5, 0.6) is 5.75 Å². The summed E-state index contributed by atoms with van der Waals surface area (Å²) < 4.78 is 42.1. The highest BCUT2D eigenvalue weighted by Gasteiger charge is 2.31. The van der Waals surface area contributed by atoms with Crippen molar-refractivity contribution in [2.45, 2.75) is 23.7 Å². The van der Waals surface area contributed by atoms with E-state index in [-0.39, 0.29) is 11.7 Å². The number of thioether (sulfide) groups is 1. The first-order chi connectivity index (χ1) is 13.3. The van der Waals surface area contributed by atoms with Crippen LogP contribution in [0.3, 0.4) is 0 Å². The van der Waals surface area contributed by atoms with Crippen LogP contribution in [-0.2, 0) is 4.79 Å². The Morgan fingerprint density at radius 3 is 2.46 bits per heavy atom. The smallest absolute Gasteiger partial charge is 0.406 e. The lowest BCUT2D eigenvalue weighted by atomic mass is 10.3. The van der Waals surface area contributed by atoms with Crippen molar-refractivity contribution in [2.75, 3.05) is 5.32 Å². The molecule has 1 atom stereocenters. The molecule has 3 aromatic rings. The molecular weight excluding hydrogens is 393 g/mol. The largest absolute Gasteiger partial charge is 0.573 e. The Kier molecular flexibility index (Phi) is 5.88. The first-order valence-corrected chi connectivity index (χ1v) is 8.98. The van der Waals surface area contributed by atoms with Gasteiger partial charge in [0.15, 0.2) is 5.16 Å². The summed E-state index contributed by atoms with van der Waals surface area (Å²) >= 11 is 1.21. The van der Waals surface area contributed by atoms with Gasteiger partial charge in [-0.3, -0.25) is 9.36 Å². The van der Waals surface area contributed by atoms with Gasteiger partial charge in [-0.2, -0.15) is 0 Å². The van der Waals surface area contributed by atoms with E-state index in [4.69, 9.17) is 0 Å². The molecule has 146 valence electrons. The van der Waals surface area contributed by atoms with Gasteiger partial charge in [0.25, 0.3) is 0 Å². The van der Waals surface area contributed by atoms with Crippen LogP contribution in [0, 0.1) is 0 Å². The number of para-hydroxylation sites is 1. The molecule has 1 amide bonds. The zero-order chi connectivity index (χ0) is 20.1. The fourth-order valence-electron chi connectivity index (χ4n) is 2.27. The number of halogens is 3. The maximum absolute atomic E-state index is 12.4. The highest BCUT2D eigenvalue weighted by Crippen LogP contribution is 2.26.